The van der Waals surface area contributed by atoms with Crippen molar-refractivity contribution in [1.29, 1.82) is 0 Å². The number of hydrogen-bond acceptors (Lipinski definition) is 4. The summed E-state index contributed by atoms with van der Waals surface area (Å²) in [5.74, 6) is -1.17. The average Bonchev–Trinajstić information content (AvgIpc) is 3.17. The van der Waals surface area contributed by atoms with Crippen LogP contribution in [0.25, 0.3) is 0 Å². The van der Waals surface area contributed by atoms with Gasteiger partial charge in [0.2, 0.25) is 11.8 Å². The third kappa shape index (κ3) is 7.24. The zero-order valence-electron chi connectivity index (χ0n) is 28.7. The first-order valence-electron chi connectivity index (χ1n) is 17.1. The van der Waals surface area contributed by atoms with Crippen LogP contribution in [0.3, 0.4) is 0 Å². The second-order valence-corrected chi connectivity index (χ2v) is 12.9. The van der Waals surface area contributed by atoms with Crippen LogP contribution in [-0.4, -0.2) is 22.0 Å². The molecular weight excluding hydrogens is 633 g/mol. The van der Waals surface area contributed by atoms with Crippen molar-refractivity contribution in [3.8, 4) is 0 Å². The van der Waals surface area contributed by atoms with E-state index < -0.39 is 41.5 Å². The number of benzene rings is 6. The van der Waals surface area contributed by atoms with E-state index in [0.717, 1.165) is 11.1 Å². The van der Waals surface area contributed by atoms with E-state index in [-0.39, 0.29) is 0 Å². The molecule has 0 radical (unpaired) electrons. The summed E-state index contributed by atoms with van der Waals surface area (Å²) >= 11 is 0. The first kappa shape index (κ1) is 35.0. The van der Waals surface area contributed by atoms with Gasteiger partial charge in [0, 0.05) is 0 Å². The predicted octanol–water partition coefficient (Wildman–Crippen LogP) is 7.58. The lowest BCUT2D eigenvalue weighted by Crippen LogP contribution is -2.48. The molecule has 0 bridgehead atoms. The topological polar surface area (TPSA) is 98.7 Å². The van der Waals surface area contributed by atoms with Gasteiger partial charge in [-0.05, 0) is 58.4 Å². The highest BCUT2D eigenvalue weighted by Gasteiger charge is 2.45. The smallest absolute Gasteiger partial charge is 0.230 e. The van der Waals surface area contributed by atoms with Gasteiger partial charge in [0.25, 0.3) is 0 Å². The van der Waals surface area contributed by atoms with Crippen LogP contribution in [0, 0.1) is 13.8 Å². The molecule has 4 N–H and O–H groups in total. The fraction of sp³-hybridized carbons (Fsp3) is 0.156. The van der Waals surface area contributed by atoms with Crippen molar-refractivity contribution < 1.29 is 19.8 Å². The first-order valence-corrected chi connectivity index (χ1v) is 17.1. The predicted molar refractivity (Wildman–Crippen MR) is 201 cm³/mol. The Bertz CT molecular complexity index is 1840. The number of aryl methyl sites for hydroxylation is 2. The molecule has 6 aromatic rings. The SMILES string of the molecule is Cc1ccccc1[C@@H](NC(=O)CC(=O)N[C@H](c1ccccc1C)C(O)(c1ccccc1)c1ccccc1)C(O)(c1ccccc1)c1ccccc1. The summed E-state index contributed by atoms with van der Waals surface area (Å²) in [5.41, 5.74) is 2.13. The molecule has 51 heavy (non-hydrogen) atoms. The first-order chi connectivity index (χ1) is 24.7. The normalized spacial score (nSPS) is 12.8. The Morgan fingerprint density at radius 2 is 0.706 bits per heavy atom. The Labute approximate surface area is 299 Å². The van der Waals surface area contributed by atoms with E-state index in [2.05, 4.69) is 10.6 Å². The van der Waals surface area contributed by atoms with Crippen molar-refractivity contribution in [2.75, 3.05) is 0 Å². The minimum atomic E-state index is -1.69. The van der Waals surface area contributed by atoms with Gasteiger partial charge in [0.15, 0.2) is 0 Å². The molecular formula is C45H42N2O4. The lowest BCUT2D eigenvalue weighted by Gasteiger charge is -2.39. The maximum absolute atomic E-state index is 14.1. The summed E-state index contributed by atoms with van der Waals surface area (Å²) < 4.78 is 0. The van der Waals surface area contributed by atoms with Crippen molar-refractivity contribution in [1.82, 2.24) is 10.6 Å². The van der Waals surface area contributed by atoms with Crippen LogP contribution in [0.15, 0.2) is 170 Å². The largest absolute Gasteiger partial charge is 0.378 e. The van der Waals surface area contributed by atoms with Crippen LogP contribution in [0.4, 0.5) is 0 Å². The fourth-order valence-corrected chi connectivity index (χ4v) is 6.97. The molecule has 2 amide bonds. The molecule has 0 saturated heterocycles. The van der Waals surface area contributed by atoms with E-state index in [9.17, 15) is 19.8 Å². The quantitative estimate of drug-likeness (QED) is 0.101. The molecule has 256 valence electrons. The zero-order valence-corrected chi connectivity index (χ0v) is 28.7. The Balaban J connectivity index is 1.38. The second kappa shape index (κ2) is 15.4. The van der Waals surface area contributed by atoms with Gasteiger partial charge in [-0.3, -0.25) is 9.59 Å². The highest BCUT2D eigenvalue weighted by atomic mass is 16.3. The van der Waals surface area contributed by atoms with E-state index in [0.29, 0.717) is 33.4 Å². The number of nitrogens with one attached hydrogen (secondary N) is 2. The molecule has 0 saturated carbocycles. The van der Waals surface area contributed by atoms with Gasteiger partial charge in [-0.1, -0.05) is 170 Å². The number of carbonyl (C=O) groups is 2. The third-order valence-electron chi connectivity index (χ3n) is 9.62. The number of amides is 2. The van der Waals surface area contributed by atoms with Crippen molar-refractivity contribution in [2.24, 2.45) is 0 Å². The molecule has 6 aromatic carbocycles. The lowest BCUT2D eigenvalue weighted by molar-refractivity contribution is -0.132. The average molecular weight is 675 g/mol. The van der Waals surface area contributed by atoms with Gasteiger partial charge in [-0.2, -0.15) is 0 Å². The molecule has 0 aliphatic carbocycles. The Kier molecular flexibility index (Phi) is 10.6. The summed E-state index contributed by atoms with van der Waals surface area (Å²) in [4.78, 5) is 28.2. The molecule has 0 spiro atoms. The highest BCUT2D eigenvalue weighted by Crippen LogP contribution is 2.43. The number of aliphatic hydroxyl groups is 2. The van der Waals surface area contributed by atoms with E-state index in [1.54, 1.807) is 0 Å². The molecule has 0 fully saturated rings. The molecule has 0 aliphatic heterocycles. The third-order valence-corrected chi connectivity index (χ3v) is 9.62. The summed E-state index contributed by atoms with van der Waals surface area (Å²) in [6, 6.07) is 50.2. The van der Waals surface area contributed by atoms with Gasteiger partial charge < -0.3 is 20.8 Å². The van der Waals surface area contributed by atoms with Crippen LogP contribution in [0.2, 0.25) is 0 Å². The second-order valence-electron chi connectivity index (χ2n) is 12.9. The van der Waals surface area contributed by atoms with E-state index in [1.807, 2.05) is 184 Å². The Hall–Kier alpha value is -5.82. The van der Waals surface area contributed by atoms with Gasteiger partial charge in [-0.25, -0.2) is 0 Å². The van der Waals surface area contributed by atoms with Crippen LogP contribution >= 0.6 is 0 Å². The van der Waals surface area contributed by atoms with Crippen LogP contribution in [0.5, 0.6) is 0 Å². The maximum Gasteiger partial charge on any atom is 0.230 e. The van der Waals surface area contributed by atoms with Gasteiger partial charge in [0.05, 0.1) is 12.1 Å². The van der Waals surface area contributed by atoms with Gasteiger partial charge in [0.1, 0.15) is 17.6 Å². The van der Waals surface area contributed by atoms with Crippen LogP contribution in [-0.2, 0) is 20.8 Å². The maximum atomic E-state index is 14.1. The molecule has 0 unspecified atom stereocenters. The molecule has 0 aromatic heterocycles. The zero-order chi connectivity index (χ0) is 35.8. The van der Waals surface area contributed by atoms with E-state index in [1.165, 1.54) is 0 Å². The minimum absolute atomic E-state index is 0.552. The van der Waals surface area contributed by atoms with E-state index >= 15 is 0 Å². The summed E-state index contributed by atoms with van der Waals surface area (Å²) in [7, 11) is 0. The summed E-state index contributed by atoms with van der Waals surface area (Å²) in [5, 5.41) is 31.7. The molecule has 2 atom stereocenters. The highest BCUT2D eigenvalue weighted by molar-refractivity contribution is 5.97. The number of rotatable bonds is 12. The fourth-order valence-electron chi connectivity index (χ4n) is 6.97. The number of hydrogen-bond donors (Lipinski definition) is 4. The van der Waals surface area contributed by atoms with Crippen molar-refractivity contribution >= 4 is 11.8 Å². The Morgan fingerprint density at radius 3 is 0.980 bits per heavy atom. The molecule has 6 heteroatoms. The molecule has 6 nitrogen and oxygen atoms in total. The standard InChI is InChI=1S/C45H42N2O4/c1-32-19-15-17-29-38(32)42(44(50,34-21-7-3-8-22-34)35-23-9-4-10-24-35)46-40(48)31-41(49)47-43(39-30-18-16-20-33(39)2)45(51,36-25-11-5-12-26-36)37-27-13-6-14-28-37/h3-30,42-43,50-51H,31H2,1-2H3,(H,46,48)(H,47,49)/t42-,43-/m1/s1. The van der Waals surface area contributed by atoms with Crippen molar-refractivity contribution in [3.63, 3.8) is 0 Å². The molecule has 0 heterocycles. The molecule has 6 rings (SSSR count). The van der Waals surface area contributed by atoms with Gasteiger partial charge >= 0.3 is 0 Å². The Morgan fingerprint density at radius 1 is 0.451 bits per heavy atom. The number of carbonyl (C=O) groups excluding carboxylic acids is 2. The van der Waals surface area contributed by atoms with E-state index in [4.69, 9.17) is 0 Å². The van der Waals surface area contributed by atoms with Crippen molar-refractivity contribution in [2.45, 2.75) is 43.6 Å². The monoisotopic (exact) mass is 674 g/mol. The van der Waals surface area contributed by atoms with Crippen molar-refractivity contribution in [3.05, 3.63) is 214 Å². The summed E-state index contributed by atoms with van der Waals surface area (Å²) in [6.07, 6.45) is -0.552. The van der Waals surface area contributed by atoms with Crippen LogP contribution in [0.1, 0.15) is 63.0 Å². The van der Waals surface area contributed by atoms with Crippen LogP contribution < -0.4 is 10.6 Å². The summed E-state index contributed by atoms with van der Waals surface area (Å²) in [6.45, 7) is 3.86. The molecule has 0 aliphatic rings. The lowest BCUT2D eigenvalue weighted by atomic mass is 9.76. The van der Waals surface area contributed by atoms with Gasteiger partial charge in [-0.15, -0.1) is 0 Å². The minimum Gasteiger partial charge on any atom is -0.378 e.